The van der Waals surface area contributed by atoms with Gasteiger partial charge in [0, 0.05) is 37.5 Å². The summed E-state index contributed by atoms with van der Waals surface area (Å²) in [5.74, 6) is -1.69. The molecule has 1 heterocycles. The molecule has 0 saturated heterocycles. The quantitative estimate of drug-likeness (QED) is 0.552. The van der Waals surface area contributed by atoms with Gasteiger partial charge in [-0.1, -0.05) is 24.4 Å². The second-order valence-corrected chi connectivity index (χ2v) is 12.9. The fourth-order valence-corrected chi connectivity index (χ4v) is 7.73. The number of benzene rings is 2. The lowest BCUT2D eigenvalue weighted by Crippen LogP contribution is -2.51. The number of fused-ring (bicyclic) bond motifs is 2. The van der Waals surface area contributed by atoms with Gasteiger partial charge >= 0.3 is 5.97 Å². The SMILES string of the molecule is C=C[Si]1(C)C2=CC(=[N+](C)C)C=CC2=C(c2ccc(C(=O)O)cc2F)c2ccc(N(C)C)cc21. The highest BCUT2D eigenvalue weighted by Crippen LogP contribution is 2.42. The molecule has 0 spiro atoms. The van der Waals surface area contributed by atoms with Crippen molar-refractivity contribution in [3.8, 4) is 0 Å². The smallest absolute Gasteiger partial charge is 0.335 e. The highest BCUT2D eigenvalue weighted by Gasteiger charge is 2.42. The number of nitrogens with zero attached hydrogens (tertiary/aromatic N) is 2. The topological polar surface area (TPSA) is 43.6 Å². The van der Waals surface area contributed by atoms with E-state index >= 15 is 4.39 Å². The van der Waals surface area contributed by atoms with E-state index in [0.29, 0.717) is 5.56 Å². The zero-order valence-corrected chi connectivity index (χ0v) is 20.6. The molecule has 2 aromatic carbocycles. The maximum absolute atomic E-state index is 15.4. The molecule has 0 aromatic heterocycles. The summed E-state index contributed by atoms with van der Waals surface area (Å²) in [6.07, 6.45) is 6.29. The zero-order chi connectivity index (χ0) is 24.1. The summed E-state index contributed by atoms with van der Waals surface area (Å²) in [4.78, 5) is 13.4. The third-order valence-corrected chi connectivity index (χ3v) is 10.5. The van der Waals surface area contributed by atoms with Crippen molar-refractivity contribution < 1.29 is 18.9 Å². The molecule has 0 amide bonds. The van der Waals surface area contributed by atoms with Crippen LogP contribution in [-0.2, 0) is 0 Å². The van der Waals surface area contributed by atoms with Crippen LogP contribution in [0.1, 0.15) is 21.5 Å². The van der Waals surface area contributed by atoms with Gasteiger partial charge in [0.1, 0.15) is 28.0 Å². The summed E-state index contributed by atoms with van der Waals surface area (Å²) in [6, 6.07) is 10.4. The van der Waals surface area contributed by atoms with E-state index in [4.69, 9.17) is 0 Å². The molecule has 1 aliphatic carbocycles. The van der Waals surface area contributed by atoms with E-state index in [1.165, 1.54) is 16.4 Å². The molecule has 1 aliphatic heterocycles. The molecule has 1 N–H and O–H groups in total. The zero-order valence-electron chi connectivity index (χ0n) is 19.6. The predicted octanol–water partition coefficient (Wildman–Crippen LogP) is 4.16. The van der Waals surface area contributed by atoms with Crippen LogP contribution in [0.3, 0.4) is 0 Å². The average molecular weight is 460 g/mol. The van der Waals surface area contributed by atoms with E-state index in [-0.39, 0.29) is 5.56 Å². The van der Waals surface area contributed by atoms with E-state index in [9.17, 15) is 9.90 Å². The molecule has 33 heavy (non-hydrogen) atoms. The van der Waals surface area contributed by atoms with Gasteiger partial charge in [-0.25, -0.2) is 13.8 Å². The van der Waals surface area contributed by atoms with Gasteiger partial charge in [0.05, 0.1) is 5.56 Å². The highest BCUT2D eigenvalue weighted by molar-refractivity contribution is 7.02. The second kappa shape index (κ2) is 8.12. The van der Waals surface area contributed by atoms with E-state index in [2.05, 4.69) is 52.6 Å². The minimum Gasteiger partial charge on any atom is -0.478 e. The summed E-state index contributed by atoms with van der Waals surface area (Å²) in [7, 11) is 5.66. The third kappa shape index (κ3) is 3.60. The van der Waals surface area contributed by atoms with Crippen LogP contribution in [0.25, 0.3) is 5.57 Å². The lowest BCUT2D eigenvalue weighted by molar-refractivity contribution is -0.462. The lowest BCUT2D eigenvalue weighted by Gasteiger charge is -2.38. The summed E-state index contributed by atoms with van der Waals surface area (Å²) in [5.41, 5.74) is 7.30. The Balaban J connectivity index is 2.12. The van der Waals surface area contributed by atoms with Crippen molar-refractivity contribution >= 4 is 36.2 Å². The molecule has 0 bridgehead atoms. The first kappa shape index (κ1) is 22.7. The Morgan fingerprint density at radius 3 is 2.39 bits per heavy atom. The fraction of sp³-hybridized carbons (Fsp3) is 0.185. The van der Waals surface area contributed by atoms with E-state index in [1.54, 1.807) is 6.07 Å². The van der Waals surface area contributed by atoms with Crippen molar-refractivity contribution in [2.75, 3.05) is 33.1 Å². The van der Waals surface area contributed by atoms with Gasteiger partial charge in [-0.05, 0) is 57.4 Å². The number of halogens is 1. The average Bonchev–Trinajstić information content (AvgIpc) is 2.79. The monoisotopic (exact) mass is 459 g/mol. The van der Waals surface area contributed by atoms with Crippen LogP contribution in [-0.4, -0.2) is 57.6 Å². The maximum atomic E-state index is 15.4. The van der Waals surface area contributed by atoms with E-state index in [1.807, 2.05) is 40.3 Å². The number of hydrogen-bond donors (Lipinski definition) is 1. The largest absolute Gasteiger partial charge is 0.478 e. The van der Waals surface area contributed by atoms with Gasteiger partial charge in [0.25, 0.3) is 0 Å². The number of aromatic carboxylic acids is 1. The Morgan fingerprint density at radius 1 is 1.12 bits per heavy atom. The molecule has 2 aliphatic rings. The van der Waals surface area contributed by atoms with Crippen molar-refractivity contribution in [2.24, 2.45) is 0 Å². The molecular weight excluding hydrogens is 431 g/mol. The van der Waals surface area contributed by atoms with Crippen LogP contribution < -0.4 is 10.1 Å². The van der Waals surface area contributed by atoms with Gasteiger partial charge < -0.3 is 10.0 Å². The van der Waals surface area contributed by atoms with E-state index < -0.39 is 19.9 Å². The molecule has 168 valence electrons. The molecule has 0 saturated carbocycles. The first-order chi connectivity index (χ1) is 15.6. The van der Waals surface area contributed by atoms with Gasteiger partial charge in [-0.3, -0.25) is 0 Å². The van der Waals surface area contributed by atoms with Crippen LogP contribution >= 0.6 is 0 Å². The number of anilines is 1. The van der Waals surface area contributed by atoms with Crippen LogP contribution in [0, 0.1) is 5.82 Å². The molecule has 6 heteroatoms. The number of allylic oxidation sites excluding steroid dienone is 5. The Labute approximate surface area is 195 Å². The summed E-state index contributed by atoms with van der Waals surface area (Å²) < 4.78 is 17.4. The Bertz CT molecular complexity index is 1330. The number of hydrogen-bond acceptors (Lipinski definition) is 2. The molecule has 0 fully saturated rings. The third-order valence-electron chi connectivity index (χ3n) is 6.59. The highest BCUT2D eigenvalue weighted by atomic mass is 28.3. The molecule has 1 atom stereocenters. The number of carboxylic acids is 1. The first-order valence-corrected chi connectivity index (χ1v) is 13.3. The van der Waals surface area contributed by atoms with Crippen molar-refractivity contribution in [1.82, 2.24) is 0 Å². The van der Waals surface area contributed by atoms with Gasteiger partial charge in [0.15, 0.2) is 5.71 Å². The van der Waals surface area contributed by atoms with Crippen LogP contribution in [0.2, 0.25) is 6.55 Å². The lowest BCUT2D eigenvalue weighted by atomic mass is 9.89. The van der Waals surface area contributed by atoms with Gasteiger partial charge in [-0.15, -0.1) is 6.58 Å². The number of carbonyl (C=O) groups is 1. The molecule has 4 nitrogen and oxygen atoms in total. The minimum atomic E-state index is -2.35. The predicted molar refractivity (Wildman–Crippen MR) is 136 cm³/mol. The molecule has 1 unspecified atom stereocenters. The summed E-state index contributed by atoms with van der Waals surface area (Å²) in [5, 5.41) is 11.6. The Morgan fingerprint density at radius 2 is 1.82 bits per heavy atom. The van der Waals surface area contributed by atoms with Crippen LogP contribution in [0.5, 0.6) is 0 Å². The van der Waals surface area contributed by atoms with Crippen molar-refractivity contribution in [1.29, 1.82) is 0 Å². The first-order valence-electron chi connectivity index (χ1n) is 10.8. The fourth-order valence-electron chi connectivity index (χ4n) is 4.57. The Kier molecular flexibility index (Phi) is 5.58. The minimum absolute atomic E-state index is 0.0654. The van der Waals surface area contributed by atoms with Crippen LogP contribution in [0.4, 0.5) is 10.1 Å². The Hall–Kier alpha value is -3.51. The molecule has 0 radical (unpaired) electrons. The summed E-state index contributed by atoms with van der Waals surface area (Å²) >= 11 is 0. The van der Waals surface area contributed by atoms with Crippen molar-refractivity contribution in [3.63, 3.8) is 0 Å². The standard InChI is InChI=1S/C27H27FN2O2Si/c1-7-33(6)24-15-18(29(2)3)9-12-21(24)26(20-11-8-17(27(31)32)14-23(20)28)22-13-10-19(30(4)5)16-25(22)33/h7-16H,1H2,2-6H3/p+1. The molecule has 4 rings (SSSR count). The second-order valence-electron chi connectivity index (χ2n) is 9.03. The van der Waals surface area contributed by atoms with Crippen LogP contribution in [0.15, 0.2) is 77.7 Å². The molecule has 2 aromatic rings. The maximum Gasteiger partial charge on any atom is 0.335 e. The summed E-state index contributed by atoms with van der Waals surface area (Å²) in [6.45, 7) is 6.51. The normalized spacial score (nSPS) is 19.0. The van der Waals surface area contributed by atoms with Crippen molar-refractivity contribution in [2.45, 2.75) is 6.55 Å². The number of carboxylic acid groups (broad SMARTS) is 1. The van der Waals surface area contributed by atoms with Gasteiger partial charge in [-0.2, -0.15) is 0 Å². The molecular formula is C27H28FN2O2Si+. The van der Waals surface area contributed by atoms with Crippen molar-refractivity contribution in [3.05, 3.63) is 100 Å². The van der Waals surface area contributed by atoms with E-state index in [0.717, 1.165) is 34.2 Å². The number of rotatable bonds is 4. The van der Waals surface area contributed by atoms with Gasteiger partial charge in [0.2, 0.25) is 0 Å².